The van der Waals surface area contributed by atoms with Crippen LogP contribution in [0.25, 0.3) is 11.0 Å². The number of nitrogens with one attached hydrogen (secondary N) is 1. The summed E-state index contributed by atoms with van der Waals surface area (Å²) < 4.78 is 34.9. The molecule has 8 nitrogen and oxygen atoms in total. The van der Waals surface area contributed by atoms with Gasteiger partial charge >= 0.3 is 0 Å². The zero-order valence-electron chi connectivity index (χ0n) is 21.4. The molecule has 0 bridgehead atoms. The Balaban J connectivity index is 1.14. The first-order chi connectivity index (χ1) is 18.6. The molecule has 6 rings (SSSR count). The molecule has 1 saturated carbocycles. The summed E-state index contributed by atoms with van der Waals surface area (Å²) in [6.45, 7) is 3.99. The number of benzene rings is 1. The van der Waals surface area contributed by atoms with Crippen LogP contribution in [-0.2, 0) is 10.2 Å². The normalized spacial score (nSPS) is 24.2. The van der Waals surface area contributed by atoms with Crippen molar-refractivity contribution in [3.8, 4) is 5.75 Å². The van der Waals surface area contributed by atoms with Crippen molar-refractivity contribution in [1.82, 2.24) is 14.5 Å². The van der Waals surface area contributed by atoms with Crippen molar-refractivity contribution in [1.29, 1.82) is 0 Å². The maximum Gasteiger partial charge on any atom is 0.264 e. The number of hydrogen-bond acceptors (Lipinski definition) is 6. The van der Waals surface area contributed by atoms with E-state index in [0.29, 0.717) is 62.7 Å². The molecule has 1 aliphatic carbocycles. The number of alkyl halides is 2. The van der Waals surface area contributed by atoms with E-state index in [0.717, 1.165) is 17.3 Å². The smallest absolute Gasteiger partial charge is 0.264 e. The number of rotatable bonds is 6. The number of hydrogen-bond donors (Lipinski definition) is 2. The quantitative estimate of drug-likeness (QED) is 0.464. The Bertz CT molecular complexity index is 1510. The second-order valence-corrected chi connectivity index (χ2v) is 11.6. The third kappa shape index (κ3) is 4.58. The summed E-state index contributed by atoms with van der Waals surface area (Å²) in [6.07, 6.45) is 0.629. The molecule has 1 amide bonds. The van der Waals surface area contributed by atoms with Gasteiger partial charge in [-0.3, -0.25) is 19.1 Å². The van der Waals surface area contributed by atoms with Crippen LogP contribution in [0, 0.1) is 0 Å². The van der Waals surface area contributed by atoms with Gasteiger partial charge in [0.15, 0.2) is 0 Å². The average Bonchev–Trinajstić information content (AvgIpc) is 3.13. The molecular weight excluding hydrogens is 530 g/mol. The number of ether oxygens (including phenoxy) is 1. The maximum absolute atomic E-state index is 13.8. The van der Waals surface area contributed by atoms with Gasteiger partial charge in [0.2, 0.25) is 5.91 Å². The van der Waals surface area contributed by atoms with Crippen molar-refractivity contribution in [2.75, 3.05) is 31.6 Å². The van der Waals surface area contributed by atoms with E-state index in [1.54, 1.807) is 13.0 Å². The van der Waals surface area contributed by atoms with E-state index in [9.17, 15) is 23.5 Å². The Morgan fingerprint density at radius 3 is 2.64 bits per heavy atom. The number of aliphatic hydroxyl groups is 1. The number of halogens is 3. The minimum Gasteiger partial charge on any atom is -0.491 e. The predicted molar refractivity (Wildman–Crippen MR) is 143 cm³/mol. The topological polar surface area (TPSA) is 96.7 Å². The molecule has 1 spiro atoms. The second kappa shape index (κ2) is 9.53. The number of piperidine rings is 1. The van der Waals surface area contributed by atoms with Crippen molar-refractivity contribution in [2.45, 2.75) is 56.1 Å². The van der Waals surface area contributed by atoms with Crippen LogP contribution in [0.15, 0.2) is 41.3 Å². The summed E-state index contributed by atoms with van der Waals surface area (Å²) in [5, 5.41) is 13.9. The van der Waals surface area contributed by atoms with Crippen LogP contribution in [0.2, 0.25) is 5.02 Å². The monoisotopic (exact) mass is 558 g/mol. The minimum atomic E-state index is -2.84. The zero-order valence-corrected chi connectivity index (χ0v) is 22.2. The first kappa shape index (κ1) is 26.2. The van der Waals surface area contributed by atoms with Crippen molar-refractivity contribution in [3.05, 3.63) is 63.0 Å². The fraction of sp³-hybridized carbons (Fsp3) is 0.464. The minimum absolute atomic E-state index is 0.0109. The molecule has 1 aromatic carbocycles. The summed E-state index contributed by atoms with van der Waals surface area (Å²) in [5.41, 5.74) is -0.446. The van der Waals surface area contributed by atoms with Gasteiger partial charge in [0.05, 0.1) is 17.2 Å². The number of nitrogens with zero attached hydrogens (tertiary/aromatic N) is 3. The summed E-state index contributed by atoms with van der Waals surface area (Å²) in [7, 11) is 0. The Hall–Kier alpha value is -3.08. The average molecular weight is 559 g/mol. The van der Waals surface area contributed by atoms with E-state index in [1.165, 1.54) is 16.8 Å². The Kier molecular flexibility index (Phi) is 6.39. The van der Waals surface area contributed by atoms with Crippen molar-refractivity contribution in [2.24, 2.45) is 0 Å². The third-order valence-electron chi connectivity index (χ3n) is 8.41. The Labute approximate surface area is 228 Å². The lowest BCUT2D eigenvalue weighted by atomic mass is 9.73. The molecule has 39 heavy (non-hydrogen) atoms. The highest BCUT2D eigenvalue weighted by Gasteiger charge is 2.48. The van der Waals surface area contributed by atoms with Crippen LogP contribution < -0.4 is 15.6 Å². The van der Waals surface area contributed by atoms with Crippen LogP contribution >= 0.6 is 11.6 Å². The molecule has 11 heteroatoms. The fourth-order valence-electron chi connectivity index (χ4n) is 6.31. The molecule has 0 atom stereocenters. The highest BCUT2D eigenvalue weighted by molar-refractivity contribution is 6.31. The van der Waals surface area contributed by atoms with Crippen LogP contribution in [0.1, 0.15) is 56.2 Å². The predicted octanol–water partition coefficient (Wildman–Crippen LogP) is 4.44. The van der Waals surface area contributed by atoms with Gasteiger partial charge in [-0.2, -0.15) is 0 Å². The van der Waals surface area contributed by atoms with Crippen LogP contribution in [0.4, 0.5) is 14.5 Å². The van der Waals surface area contributed by atoms with E-state index in [2.05, 4.69) is 15.2 Å². The standard InChI is InChI=1S/C28H29ClF2N4O4/c1-27(38)13-17(14-27)35-23(36)12-19(24(30)31)20-11-18(15-32-25(20)35)39-9-8-34-6-4-28(5-7-34)21-10-16(29)2-3-22(21)33-26(28)37/h2-3,10-12,15,17,24,38H,4-9,13-14H2,1H3,(H,33,37)/t17-,27+. The first-order valence-corrected chi connectivity index (χ1v) is 13.5. The van der Waals surface area contributed by atoms with Gasteiger partial charge in [-0.15, -0.1) is 0 Å². The number of carbonyl (C=O) groups excluding carboxylic acids is 1. The molecule has 2 N–H and O–H groups in total. The lowest BCUT2D eigenvalue weighted by Gasteiger charge is -2.42. The van der Waals surface area contributed by atoms with Gasteiger partial charge in [-0.25, -0.2) is 13.8 Å². The number of aromatic nitrogens is 2. The number of anilines is 1. The molecule has 2 aliphatic heterocycles. The third-order valence-corrected chi connectivity index (χ3v) is 8.65. The Morgan fingerprint density at radius 1 is 1.21 bits per heavy atom. The second-order valence-electron chi connectivity index (χ2n) is 11.1. The highest BCUT2D eigenvalue weighted by Crippen LogP contribution is 2.46. The summed E-state index contributed by atoms with van der Waals surface area (Å²) in [4.78, 5) is 32.1. The molecule has 4 heterocycles. The van der Waals surface area contributed by atoms with E-state index < -0.39 is 23.0 Å². The van der Waals surface area contributed by atoms with Crippen LogP contribution in [0.5, 0.6) is 5.75 Å². The maximum atomic E-state index is 13.8. The molecular formula is C28H29ClF2N4O4. The molecule has 3 aromatic rings. The number of amides is 1. The van der Waals surface area contributed by atoms with Gasteiger partial charge in [-0.1, -0.05) is 11.6 Å². The van der Waals surface area contributed by atoms with Gasteiger partial charge in [0.25, 0.3) is 12.0 Å². The highest BCUT2D eigenvalue weighted by atomic mass is 35.5. The number of likely N-dealkylation sites (tertiary alicyclic amines) is 1. The largest absolute Gasteiger partial charge is 0.491 e. The first-order valence-electron chi connectivity index (χ1n) is 13.1. The van der Waals surface area contributed by atoms with Gasteiger partial charge in [0.1, 0.15) is 18.0 Å². The molecule has 0 unspecified atom stereocenters. The summed E-state index contributed by atoms with van der Waals surface area (Å²) in [5.74, 6) is 0.346. The number of fused-ring (bicyclic) bond motifs is 3. The summed E-state index contributed by atoms with van der Waals surface area (Å²) in [6, 6.07) is 7.66. The fourth-order valence-corrected chi connectivity index (χ4v) is 6.48. The van der Waals surface area contributed by atoms with Crippen LogP contribution in [-0.4, -0.2) is 57.3 Å². The van der Waals surface area contributed by atoms with E-state index >= 15 is 0 Å². The van der Waals surface area contributed by atoms with Crippen molar-refractivity contribution in [3.63, 3.8) is 0 Å². The van der Waals surface area contributed by atoms with Gasteiger partial charge in [0, 0.05) is 40.3 Å². The lowest BCUT2D eigenvalue weighted by molar-refractivity contribution is -0.122. The molecule has 1 saturated heterocycles. The van der Waals surface area contributed by atoms with Gasteiger partial charge in [-0.05, 0) is 75.5 Å². The van der Waals surface area contributed by atoms with Crippen molar-refractivity contribution < 1.29 is 23.4 Å². The van der Waals surface area contributed by atoms with E-state index in [4.69, 9.17) is 16.3 Å². The number of carbonyl (C=O) groups is 1. The Morgan fingerprint density at radius 2 is 1.95 bits per heavy atom. The lowest BCUT2D eigenvalue weighted by Crippen LogP contribution is -2.47. The van der Waals surface area contributed by atoms with Crippen LogP contribution in [0.3, 0.4) is 0 Å². The summed E-state index contributed by atoms with van der Waals surface area (Å²) >= 11 is 6.21. The molecule has 0 radical (unpaired) electrons. The zero-order chi connectivity index (χ0) is 27.5. The van der Waals surface area contributed by atoms with Gasteiger partial charge < -0.3 is 15.2 Å². The van der Waals surface area contributed by atoms with Crippen molar-refractivity contribution >= 4 is 34.2 Å². The number of pyridine rings is 2. The molecule has 3 aliphatic rings. The molecule has 206 valence electrons. The van der Waals surface area contributed by atoms with E-state index in [-0.39, 0.29) is 28.5 Å². The SMILES string of the molecule is C[C@]1(O)C[C@@H](n2c(=O)cc(C(F)F)c3cc(OCCN4CCC5(CC4)C(=O)Nc4ccc(Cl)cc45)cnc32)C1. The molecule has 2 fully saturated rings. The molecule has 2 aromatic heterocycles. The van der Waals surface area contributed by atoms with E-state index in [1.807, 2.05) is 12.1 Å².